The van der Waals surface area contributed by atoms with E-state index >= 15 is 0 Å². The molecule has 0 saturated heterocycles. The molecule has 31 heavy (non-hydrogen) atoms. The summed E-state index contributed by atoms with van der Waals surface area (Å²) in [7, 11) is 0. The molecule has 0 unspecified atom stereocenters. The van der Waals surface area contributed by atoms with Crippen molar-refractivity contribution in [1.29, 1.82) is 0 Å². The van der Waals surface area contributed by atoms with E-state index in [2.05, 4.69) is 5.32 Å². The number of imide groups is 1. The molecule has 0 aliphatic carbocycles. The number of hydrogen-bond donors (Lipinski definition) is 1. The Morgan fingerprint density at radius 2 is 1.45 bits per heavy atom. The van der Waals surface area contributed by atoms with Crippen molar-refractivity contribution in [3.8, 4) is 5.75 Å². The van der Waals surface area contributed by atoms with Gasteiger partial charge in [-0.2, -0.15) is 0 Å². The number of ether oxygens (including phenoxy) is 1. The second-order valence-electron chi connectivity index (χ2n) is 7.66. The summed E-state index contributed by atoms with van der Waals surface area (Å²) >= 11 is 0. The number of nitrogens with one attached hydrogen (secondary N) is 1. The predicted octanol–water partition coefficient (Wildman–Crippen LogP) is 5.18. The number of amides is 2. The molecule has 3 aromatic carbocycles. The lowest BCUT2D eigenvalue weighted by Crippen LogP contribution is -2.33. The van der Waals surface area contributed by atoms with E-state index in [-0.39, 0.29) is 23.6 Å². The van der Waals surface area contributed by atoms with E-state index in [1.807, 2.05) is 93.6 Å². The van der Waals surface area contributed by atoms with Crippen molar-refractivity contribution in [2.45, 2.75) is 26.9 Å². The lowest BCUT2D eigenvalue weighted by atomic mass is 10.0. The average molecular weight is 412 g/mol. The number of aryl methyl sites for hydroxylation is 1. The third-order valence-electron chi connectivity index (χ3n) is 5.00. The molecule has 2 amide bonds. The van der Waals surface area contributed by atoms with Crippen LogP contribution in [0.15, 0.2) is 84.6 Å². The van der Waals surface area contributed by atoms with Crippen molar-refractivity contribution in [3.63, 3.8) is 0 Å². The maximum absolute atomic E-state index is 13.4. The first-order valence-electron chi connectivity index (χ1n) is 10.2. The summed E-state index contributed by atoms with van der Waals surface area (Å²) < 4.78 is 5.69. The van der Waals surface area contributed by atoms with E-state index in [1.54, 1.807) is 6.07 Å². The lowest BCUT2D eigenvalue weighted by Gasteiger charge is -2.17. The SMILES string of the molecule is Cc1ccccc1N1C(=O)C(Nc2ccc(OC(C)C)cc2)=C(c2ccccc2)C1=O. The van der Waals surface area contributed by atoms with Crippen LogP contribution in [0, 0.1) is 6.92 Å². The van der Waals surface area contributed by atoms with E-state index in [9.17, 15) is 9.59 Å². The zero-order chi connectivity index (χ0) is 22.0. The molecule has 0 spiro atoms. The van der Waals surface area contributed by atoms with Crippen LogP contribution in [-0.4, -0.2) is 17.9 Å². The fourth-order valence-corrected chi connectivity index (χ4v) is 3.58. The quantitative estimate of drug-likeness (QED) is 0.567. The topological polar surface area (TPSA) is 58.6 Å². The first-order chi connectivity index (χ1) is 15.0. The molecule has 1 aliphatic rings. The number of carbonyl (C=O) groups is 2. The minimum atomic E-state index is -0.374. The lowest BCUT2D eigenvalue weighted by molar-refractivity contribution is -0.120. The molecule has 1 heterocycles. The third kappa shape index (κ3) is 4.08. The maximum Gasteiger partial charge on any atom is 0.282 e. The van der Waals surface area contributed by atoms with Gasteiger partial charge in [0.25, 0.3) is 11.8 Å². The standard InChI is InChI=1S/C26H24N2O3/c1-17(2)31-21-15-13-20(14-16-21)27-24-23(19-10-5-4-6-11-19)25(29)28(26(24)30)22-12-8-7-9-18(22)3/h4-17,27H,1-3H3. The fourth-order valence-electron chi connectivity index (χ4n) is 3.58. The molecular weight excluding hydrogens is 388 g/mol. The number of benzene rings is 3. The number of hydrogen-bond acceptors (Lipinski definition) is 4. The minimum absolute atomic E-state index is 0.0721. The molecule has 4 rings (SSSR count). The van der Waals surface area contributed by atoms with Crippen molar-refractivity contribution < 1.29 is 14.3 Å². The molecule has 5 nitrogen and oxygen atoms in total. The van der Waals surface area contributed by atoms with E-state index in [4.69, 9.17) is 4.74 Å². The average Bonchev–Trinajstić information content (AvgIpc) is 3.00. The zero-order valence-electron chi connectivity index (χ0n) is 17.8. The van der Waals surface area contributed by atoms with Crippen LogP contribution >= 0.6 is 0 Å². The second-order valence-corrected chi connectivity index (χ2v) is 7.66. The predicted molar refractivity (Wildman–Crippen MR) is 123 cm³/mol. The number of carbonyl (C=O) groups excluding carboxylic acids is 2. The van der Waals surface area contributed by atoms with Gasteiger partial charge < -0.3 is 10.1 Å². The smallest absolute Gasteiger partial charge is 0.282 e. The number of nitrogens with zero attached hydrogens (tertiary/aromatic N) is 1. The van der Waals surface area contributed by atoms with Crippen LogP contribution in [0.5, 0.6) is 5.75 Å². The van der Waals surface area contributed by atoms with Gasteiger partial charge in [0, 0.05) is 5.69 Å². The summed E-state index contributed by atoms with van der Waals surface area (Å²) in [5.41, 5.74) is 3.45. The normalized spacial score (nSPS) is 13.9. The summed E-state index contributed by atoms with van der Waals surface area (Å²) in [6.45, 7) is 5.81. The van der Waals surface area contributed by atoms with Gasteiger partial charge >= 0.3 is 0 Å². The highest BCUT2D eigenvalue weighted by atomic mass is 16.5. The van der Waals surface area contributed by atoms with Gasteiger partial charge in [-0.3, -0.25) is 9.59 Å². The van der Waals surface area contributed by atoms with E-state index < -0.39 is 0 Å². The summed E-state index contributed by atoms with van der Waals surface area (Å²) in [5, 5.41) is 3.18. The Kier molecular flexibility index (Phi) is 5.58. The Labute approximate surface area is 182 Å². The molecule has 1 aliphatic heterocycles. The van der Waals surface area contributed by atoms with Crippen LogP contribution in [0.25, 0.3) is 5.57 Å². The van der Waals surface area contributed by atoms with E-state index in [1.165, 1.54) is 4.90 Å². The molecule has 0 radical (unpaired) electrons. The number of para-hydroxylation sites is 1. The van der Waals surface area contributed by atoms with Gasteiger partial charge in [-0.1, -0.05) is 48.5 Å². The largest absolute Gasteiger partial charge is 0.491 e. The Bertz CT molecular complexity index is 1150. The Morgan fingerprint density at radius 1 is 0.806 bits per heavy atom. The first-order valence-corrected chi connectivity index (χ1v) is 10.2. The van der Waals surface area contributed by atoms with Gasteiger partial charge in [0.05, 0.1) is 17.4 Å². The molecule has 1 N–H and O–H groups in total. The highest BCUT2D eigenvalue weighted by molar-refractivity contribution is 6.46. The van der Waals surface area contributed by atoms with Crippen molar-refractivity contribution in [2.24, 2.45) is 0 Å². The van der Waals surface area contributed by atoms with Crippen LogP contribution in [0.1, 0.15) is 25.0 Å². The van der Waals surface area contributed by atoms with Crippen LogP contribution in [0.3, 0.4) is 0 Å². The highest BCUT2D eigenvalue weighted by Gasteiger charge is 2.40. The van der Waals surface area contributed by atoms with Crippen LogP contribution in [0.4, 0.5) is 11.4 Å². The van der Waals surface area contributed by atoms with Crippen LogP contribution < -0.4 is 15.0 Å². The van der Waals surface area contributed by atoms with Crippen molar-refractivity contribution in [3.05, 3.63) is 95.7 Å². The van der Waals surface area contributed by atoms with Gasteiger partial charge in [-0.05, 0) is 62.2 Å². The molecule has 156 valence electrons. The monoisotopic (exact) mass is 412 g/mol. The molecule has 0 saturated carbocycles. The van der Waals surface area contributed by atoms with Crippen molar-refractivity contribution >= 4 is 28.8 Å². The fraction of sp³-hybridized carbons (Fsp3) is 0.154. The maximum atomic E-state index is 13.4. The van der Waals surface area contributed by atoms with E-state index in [0.29, 0.717) is 22.5 Å². The van der Waals surface area contributed by atoms with Crippen molar-refractivity contribution in [1.82, 2.24) is 0 Å². The summed E-state index contributed by atoms with van der Waals surface area (Å²) in [4.78, 5) is 28.1. The van der Waals surface area contributed by atoms with Gasteiger partial charge in [0.15, 0.2) is 0 Å². The highest BCUT2D eigenvalue weighted by Crippen LogP contribution is 2.35. The molecule has 0 atom stereocenters. The van der Waals surface area contributed by atoms with Gasteiger partial charge in [-0.25, -0.2) is 4.90 Å². The molecular formula is C26H24N2O3. The minimum Gasteiger partial charge on any atom is -0.491 e. The summed E-state index contributed by atoms with van der Waals surface area (Å²) in [6, 6.07) is 24.0. The zero-order valence-corrected chi connectivity index (χ0v) is 17.8. The van der Waals surface area contributed by atoms with Gasteiger partial charge in [-0.15, -0.1) is 0 Å². The Morgan fingerprint density at radius 3 is 2.10 bits per heavy atom. The molecule has 5 heteroatoms. The van der Waals surface area contributed by atoms with Crippen LogP contribution in [0.2, 0.25) is 0 Å². The molecule has 0 fully saturated rings. The molecule has 0 bridgehead atoms. The summed E-state index contributed by atoms with van der Waals surface area (Å²) in [6.07, 6.45) is 0.0721. The first kappa shape index (κ1) is 20.4. The molecule has 3 aromatic rings. The number of anilines is 2. The Hall–Kier alpha value is -3.86. The third-order valence-corrected chi connectivity index (χ3v) is 5.00. The molecule has 0 aromatic heterocycles. The summed E-state index contributed by atoms with van der Waals surface area (Å²) in [5.74, 6) is 0.0293. The van der Waals surface area contributed by atoms with E-state index in [0.717, 1.165) is 11.3 Å². The number of rotatable bonds is 6. The van der Waals surface area contributed by atoms with Gasteiger partial charge in [0.2, 0.25) is 0 Å². The van der Waals surface area contributed by atoms with Gasteiger partial charge in [0.1, 0.15) is 11.4 Å². The van der Waals surface area contributed by atoms with Crippen molar-refractivity contribution in [2.75, 3.05) is 10.2 Å². The Balaban J connectivity index is 1.74. The second kappa shape index (κ2) is 8.48. The van der Waals surface area contributed by atoms with Crippen LogP contribution in [-0.2, 0) is 9.59 Å².